The second-order valence-electron chi connectivity index (χ2n) is 5.10. The van der Waals surface area contributed by atoms with Crippen LogP contribution in [0.1, 0.15) is 25.3 Å². The van der Waals surface area contributed by atoms with Crippen molar-refractivity contribution < 1.29 is 14.2 Å². The highest BCUT2D eigenvalue weighted by Crippen LogP contribution is 2.35. The molecule has 1 N–H and O–H groups in total. The van der Waals surface area contributed by atoms with Gasteiger partial charge in [-0.05, 0) is 25.8 Å². The highest BCUT2D eigenvalue weighted by molar-refractivity contribution is 5.65. The first-order chi connectivity index (χ1) is 9.67. The molecule has 1 aromatic carbocycles. The number of nitrogens with one attached hydrogen (secondary N) is 1. The van der Waals surface area contributed by atoms with Crippen LogP contribution in [0.3, 0.4) is 0 Å². The van der Waals surface area contributed by atoms with Gasteiger partial charge in [-0.1, -0.05) is 11.6 Å². The number of benzene rings is 1. The lowest BCUT2D eigenvalue weighted by atomic mass is 10.1. The molecule has 0 amide bonds. The van der Waals surface area contributed by atoms with E-state index in [2.05, 4.69) is 18.3 Å². The minimum Gasteiger partial charge on any atom is -0.496 e. The smallest absolute Gasteiger partial charge is 0.164 e. The molecule has 0 aromatic heterocycles. The second-order valence-corrected chi connectivity index (χ2v) is 5.10. The van der Waals surface area contributed by atoms with Crippen LogP contribution in [0.4, 0.5) is 0 Å². The second kappa shape index (κ2) is 6.66. The minimum absolute atomic E-state index is 0.676. The molecule has 0 bridgehead atoms. The van der Waals surface area contributed by atoms with Crippen molar-refractivity contribution in [3.63, 3.8) is 0 Å². The Kier molecular flexibility index (Phi) is 4.90. The van der Waals surface area contributed by atoms with Gasteiger partial charge in [0, 0.05) is 24.2 Å². The van der Waals surface area contributed by atoms with Crippen LogP contribution in [0.2, 0.25) is 0 Å². The standard InChI is InChI=1S/C16H23NO3/c1-11(10-17-13-5-6-13)7-12-8-15(19-3)16(20-4)9-14(12)18-2/h7-9,13,17H,5-6,10H2,1-4H3. The molecule has 4 nitrogen and oxygen atoms in total. The summed E-state index contributed by atoms with van der Waals surface area (Å²) < 4.78 is 16.1. The summed E-state index contributed by atoms with van der Waals surface area (Å²) in [6.45, 7) is 3.02. The molecule has 0 saturated heterocycles. The summed E-state index contributed by atoms with van der Waals surface area (Å²) in [4.78, 5) is 0. The molecule has 4 heteroatoms. The van der Waals surface area contributed by atoms with E-state index < -0.39 is 0 Å². The zero-order chi connectivity index (χ0) is 14.5. The molecule has 1 aromatic rings. The summed E-state index contributed by atoms with van der Waals surface area (Å²) in [5, 5.41) is 3.50. The van der Waals surface area contributed by atoms with E-state index in [-0.39, 0.29) is 0 Å². The summed E-state index contributed by atoms with van der Waals surface area (Å²) in [7, 11) is 4.92. The van der Waals surface area contributed by atoms with E-state index in [0.717, 1.165) is 17.9 Å². The summed E-state index contributed by atoms with van der Waals surface area (Å²) in [6.07, 6.45) is 4.72. The van der Waals surface area contributed by atoms with Crippen molar-refractivity contribution in [2.24, 2.45) is 0 Å². The van der Waals surface area contributed by atoms with Gasteiger partial charge in [0.15, 0.2) is 11.5 Å². The van der Waals surface area contributed by atoms with E-state index >= 15 is 0 Å². The number of ether oxygens (including phenoxy) is 3. The largest absolute Gasteiger partial charge is 0.496 e. The molecule has 1 aliphatic rings. The van der Waals surface area contributed by atoms with Gasteiger partial charge < -0.3 is 19.5 Å². The average molecular weight is 277 g/mol. The molecule has 2 rings (SSSR count). The Morgan fingerprint density at radius 1 is 1.10 bits per heavy atom. The topological polar surface area (TPSA) is 39.7 Å². The summed E-state index contributed by atoms with van der Waals surface area (Å²) >= 11 is 0. The lowest BCUT2D eigenvalue weighted by molar-refractivity contribution is 0.348. The fraction of sp³-hybridized carbons (Fsp3) is 0.500. The zero-order valence-corrected chi connectivity index (χ0v) is 12.7. The first kappa shape index (κ1) is 14.7. The minimum atomic E-state index is 0.676. The molecule has 1 fully saturated rings. The van der Waals surface area contributed by atoms with Crippen LogP contribution >= 0.6 is 0 Å². The fourth-order valence-electron chi connectivity index (χ4n) is 2.07. The molecule has 1 saturated carbocycles. The summed E-state index contributed by atoms with van der Waals surface area (Å²) in [6, 6.07) is 4.51. The van der Waals surface area contributed by atoms with Gasteiger partial charge in [-0.25, -0.2) is 0 Å². The first-order valence-electron chi connectivity index (χ1n) is 6.88. The summed E-state index contributed by atoms with van der Waals surface area (Å²) in [5.74, 6) is 2.17. The molecule has 1 aliphatic carbocycles. The van der Waals surface area contributed by atoms with Crippen molar-refractivity contribution in [1.29, 1.82) is 0 Å². The molecule has 0 radical (unpaired) electrons. The average Bonchev–Trinajstić information content (AvgIpc) is 3.28. The van der Waals surface area contributed by atoms with E-state index in [4.69, 9.17) is 14.2 Å². The van der Waals surface area contributed by atoms with Crippen LogP contribution in [0.5, 0.6) is 17.2 Å². The van der Waals surface area contributed by atoms with Gasteiger partial charge in [-0.2, -0.15) is 0 Å². The number of hydrogen-bond donors (Lipinski definition) is 1. The van der Waals surface area contributed by atoms with E-state index in [1.807, 2.05) is 12.1 Å². The summed E-state index contributed by atoms with van der Waals surface area (Å²) in [5.41, 5.74) is 2.27. The van der Waals surface area contributed by atoms with Crippen LogP contribution in [-0.4, -0.2) is 33.9 Å². The molecule has 0 unspecified atom stereocenters. The van der Waals surface area contributed by atoms with Gasteiger partial charge in [0.1, 0.15) is 5.75 Å². The highest BCUT2D eigenvalue weighted by Gasteiger charge is 2.19. The van der Waals surface area contributed by atoms with Crippen LogP contribution in [-0.2, 0) is 0 Å². The maximum atomic E-state index is 5.43. The normalized spacial score (nSPS) is 15.1. The maximum Gasteiger partial charge on any atom is 0.164 e. The number of methoxy groups -OCH3 is 3. The number of hydrogen-bond acceptors (Lipinski definition) is 4. The van der Waals surface area contributed by atoms with Crippen LogP contribution in [0, 0.1) is 0 Å². The predicted molar refractivity (Wildman–Crippen MR) is 80.8 cm³/mol. The molecule has 0 heterocycles. The monoisotopic (exact) mass is 277 g/mol. The molecule has 0 atom stereocenters. The van der Waals surface area contributed by atoms with E-state index in [1.165, 1.54) is 18.4 Å². The third kappa shape index (κ3) is 3.67. The molecule has 110 valence electrons. The Balaban J connectivity index is 2.21. The predicted octanol–water partition coefficient (Wildman–Crippen LogP) is 2.87. The third-order valence-corrected chi connectivity index (χ3v) is 3.38. The van der Waals surface area contributed by atoms with Gasteiger partial charge >= 0.3 is 0 Å². The van der Waals surface area contributed by atoms with Crippen LogP contribution in [0.15, 0.2) is 17.7 Å². The molecular formula is C16H23NO3. The van der Waals surface area contributed by atoms with Gasteiger partial charge in [0.25, 0.3) is 0 Å². The Morgan fingerprint density at radius 2 is 1.70 bits per heavy atom. The molecular weight excluding hydrogens is 254 g/mol. The Morgan fingerprint density at radius 3 is 2.25 bits per heavy atom. The van der Waals surface area contributed by atoms with Gasteiger partial charge in [-0.3, -0.25) is 0 Å². The SMILES string of the molecule is COc1cc(OC)c(OC)cc1C=C(C)CNC1CC1. The van der Waals surface area contributed by atoms with Crippen molar-refractivity contribution in [3.8, 4) is 17.2 Å². The van der Waals surface area contributed by atoms with E-state index in [1.54, 1.807) is 21.3 Å². The number of rotatable bonds is 7. The van der Waals surface area contributed by atoms with Gasteiger partial charge in [0.05, 0.1) is 21.3 Å². The van der Waals surface area contributed by atoms with Crippen LogP contribution in [0.25, 0.3) is 6.08 Å². The van der Waals surface area contributed by atoms with Crippen molar-refractivity contribution in [2.45, 2.75) is 25.8 Å². The van der Waals surface area contributed by atoms with Crippen molar-refractivity contribution >= 4 is 6.08 Å². The fourth-order valence-corrected chi connectivity index (χ4v) is 2.07. The van der Waals surface area contributed by atoms with Gasteiger partial charge in [0.2, 0.25) is 0 Å². The van der Waals surface area contributed by atoms with Crippen LogP contribution < -0.4 is 19.5 Å². The Labute approximate surface area is 120 Å². The quantitative estimate of drug-likeness (QED) is 0.832. The van der Waals surface area contributed by atoms with E-state index in [0.29, 0.717) is 17.5 Å². The lowest BCUT2D eigenvalue weighted by Crippen LogP contribution is -2.18. The third-order valence-electron chi connectivity index (χ3n) is 3.38. The van der Waals surface area contributed by atoms with Crippen molar-refractivity contribution in [3.05, 3.63) is 23.3 Å². The Bertz CT molecular complexity index is 493. The molecule has 0 spiro atoms. The maximum absolute atomic E-state index is 5.43. The van der Waals surface area contributed by atoms with Crippen molar-refractivity contribution in [2.75, 3.05) is 27.9 Å². The Hall–Kier alpha value is -1.68. The van der Waals surface area contributed by atoms with Crippen molar-refractivity contribution in [1.82, 2.24) is 5.32 Å². The molecule has 20 heavy (non-hydrogen) atoms. The highest BCUT2D eigenvalue weighted by atomic mass is 16.5. The first-order valence-corrected chi connectivity index (χ1v) is 6.88. The van der Waals surface area contributed by atoms with E-state index in [9.17, 15) is 0 Å². The lowest BCUT2D eigenvalue weighted by Gasteiger charge is -2.13. The molecule has 0 aliphatic heterocycles. The zero-order valence-electron chi connectivity index (χ0n) is 12.7. The van der Waals surface area contributed by atoms with Gasteiger partial charge in [-0.15, -0.1) is 0 Å².